The van der Waals surface area contributed by atoms with Crippen molar-refractivity contribution in [3.8, 4) is 0 Å². The Morgan fingerprint density at radius 2 is 1.89 bits per heavy atom. The summed E-state index contributed by atoms with van der Waals surface area (Å²) in [6.45, 7) is 1.59. The predicted molar refractivity (Wildman–Crippen MR) is 106 cm³/mol. The van der Waals surface area contributed by atoms with E-state index < -0.39 is 10.0 Å². The van der Waals surface area contributed by atoms with Gasteiger partial charge in [-0.25, -0.2) is 12.7 Å². The van der Waals surface area contributed by atoms with Gasteiger partial charge in [0.2, 0.25) is 15.9 Å². The molecule has 2 aromatic rings. The van der Waals surface area contributed by atoms with Crippen LogP contribution in [0.2, 0.25) is 0 Å². The fraction of sp³-hybridized carbons (Fsp3) is 0.500. The van der Waals surface area contributed by atoms with Crippen LogP contribution in [0, 0.1) is 11.8 Å². The van der Waals surface area contributed by atoms with Crippen LogP contribution in [0.3, 0.4) is 0 Å². The fourth-order valence-corrected chi connectivity index (χ4v) is 5.54. The highest BCUT2D eigenvalue weighted by atomic mass is 32.2. The zero-order chi connectivity index (χ0) is 19.9. The van der Waals surface area contributed by atoms with Crippen molar-refractivity contribution in [2.45, 2.75) is 18.9 Å². The third-order valence-electron chi connectivity index (χ3n) is 6.08. The zero-order valence-corrected chi connectivity index (χ0v) is 17.0. The van der Waals surface area contributed by atoms with Gasteiger partial charge in [0.1, 0.15) is 0 Å². The number of aryl methyl sites for hydroxylation is 2. The van der Waals surface area contributed by atoms with Gasteiger partial charge in [0.15, 0.2) is 0 Å². The summed E-state index contributed by atoms with van der Waals surface area (Å²) in [7, 11) is -1.33. The smallest absolute Gasteiger partial charge is 0.223 e. The summed E-state index contributed by atoms with van der Waals surface area (Å²) < 4.78 is 27.4. The van der Waals surface area contributed by atoms with Crippen molar-refractivity contribution in [3.63, 3.8) is 0 Å². The number of hydrogen-bond acceptors (Lipinski definition) is 4. The van der Waals surface area contributed by atoms with Crippen molar-refractivity contribution in [2.24, 2.45) is 18.9 Å². The predicted octanol–water partition coefficient (Wildman–Crippen LogP) is 1.44. The Kier molecular flexibility index (Phi) is 5.01. The SMILES string of the molecule is Cn1nccc1CCC(=O)N1C[C@@H]2CN(S(C)(=O)=O)C[C@@H]2[C@H]1c1ccccc1. The molecule has 0 N–H and O–H groups in total. The van der Waals surface area contributed by atoms with Crippen LogP contribution in [0.15, 0.2) is 42.6 Å². The highest BCUT2D eigenvalue weighted by Gasteiger charge is 2.50. The molecule has 28 heavy (non-hydrogen) atoms. The van der Waals surface area contributed by atoms with Crippen LogP contribution in [0.4, 0.5) is 0 Å². The van der Waals surface area contributed by atoms with E-state index in [1.165, 1.54) is 6.26 Å². The number of amides is 1. The molecule has 8 heteroatoms. The summed E-state index contributed by atoms with van der Waals surface area (Å²) in [5, 5.41) is 4.16. The third kappa shape index (κ3) is 3.58. The second kappa shape index (κ2) is 7.33. The number of likely N-dealkylation sites (tertiary alicyclic amines) is 1. The van der Waals surface area contributed by atoms with Crippen LogP contribution in [-0.4, -0.2) is 59.2 Å². The number of nitrogens with zero attached hydrogens (tertiary/aromatic N) is 4. The Hall–Kier alpha value is -2.19. The van der Waals surface area contributed by atoms with Crippen LogP contribution >= 0.6 is 0 Å². The molecule has 3 heterocycles. The Labute approximate surface area is 166 Å². The molecule has 2 fully saturated rings. The number of carbonyl (C=O) groups excluding carboxylic acids is 1. The average Bonchev–Trinajstić information content (AvgIpc) is 3.33. The second-order valence-corrected chi connectivity index (χ2v) is 9.83. The average molecular weight is 403 g/mol. The topological polar surface area (TPSA) is 75.5 Å². The molecule has 1 aromatic carbocycles. The number of carbonyl (C=O) groups is 1. The van der Waals surface area contributed by atoms with E-state index in [1.807, 2.05) is 48.3 Å². The summed E-state index contributed by atoms with van der Waals surface area (Å²) >= 11 is 0. The molecule has 0 aliphatic carbocycles. The molecule has 0 radical (unpaired) electrons. The number of benzene rings is 1. The lowest BCUT2D eigenvalue weighted by atomic mass is 9.89. The van der Waals surface area contributed by atoms with Gasteiger partial charge in [0.05, 0.1) is 12.3 Å². The lowest BCUT2D eigenvalue weighted by molar-refractivity contribution is -0.132. The van der Waals surface area contributed by atoms with E-state index >= 15 is 0 Å². The van der Waals surface area contributed by atoms with Crippen LogP contribution < -0.4 is 0 Å². The fourth-order valence-electron chi connectivity index (χ4n) is 4.63. The highest BCUT2D eigenvalue weighted by Crippen LogP contribution is 2.45. The first-order valence-corrected chi connectivity index (χ1v) is 11.5. The Balaban J connectivity index is 1.55. The molecule has 2 aliphatic heterocycles. The van der Waals surface area contributed by atoms with Gasteiger partial charge in [0, 0.05) is 50.9 Å². The first kappa shape index (κ1) is 19.1. The van der Waals surface area contributed by atoms with Crippen molar-refractivity contribution in [1.82, 2.24) is 19.0 Å². The molecular formula is C20H26N4O3S. The maximum absolute atomic E-state index is 13.1. The van der Waals surface area contributed by atoms with Gasteiger partial charge >= 0.3 is 0 Å². The van der Waals surface area contributed by atoms with E-state index in [1.54, 1.807) is 15.2 Å². The number of rotatable bonds is 5. The summed E-state index contributed by atoms with van der Waals surface area (Å²) in [6, 6.07) is 11.9. The Morgan fingerprint density at radius 3 is 2.54 bits per heavy atom. The van der Waals surface area contributed by atoms with Gasteiger partial charge in [0.25, 0.3) is 0 Å². The monoisotopic (exact) mass is 402 g/mol. The lowest BCUT2D eigenvalue weighted by Gasteiger charge is -2.29. The molecule has 3 atom stereocenters. The molecule has 1 amide bonds. The van der Waals surface area contributed by atoms with Crippen LogP contribution in [-0.2, 0) is 28.3 Å². The van der Waals surface area contributed by atoms with E-state index in [0.717, 1.165) is 11.3 Å². The molecule has 0 unspecified atom stereocenters. The highest BCUT2D eigenvalue weighted by molar-refractivity contribution is 7.88. The molecule has 4 rings (SSSR count). The molecule has 0 bridgehead atoms. The molecule has 7 nitrogen and oxygen atoms in total. The van der Waals surface area contributed by atoms with Gasteiger partial charge in [-0.05, 0) is 24.0 Å². The van der Waals surface area contributed by atoms with E-state index in [0.29, 0.717) is 32.5 Å². The van der Waals surface area contributed by atoms with Gasteiger partial charge in [-0.15, -0.1) is 0 Å². The largest absolute Gasteiger partial charge is 0.335 e. The second-order valence-electron chi connectivity index (χ2n) is 7.85. The minimum absolute atomic E-state index is 0.0722. The van der Waals surface area contributed by atoms with Gasteiger partial charge in [-0.1, -0.05) is 30.3 Å². The molecule has 1 aromatic heterocycles. The summed E-state index contributed by atoms with van der Waals surface area (Å²) in [4.78, 5) is 15.1. The third-order valence-corrected chi connectivity index (χ3v) is 7.31. The number of sulfonamides is 1. The molecule has 0 spiro atoms. The maximum atomic E-state index is 13.1. The van der Waals surface area contributed by atoms with Crippen molar-refractivity contribution < 1.29 is 13.2 Å². The molecule has 150 valence electrons. The Bertz CT molecular complexity index is 957. The Morgan fingerprint density at radius 1 is 1.14 bits per heavy atom. The summed E-state index contributed by atoms with van der Waals surface area (Å²) in [6.07, 6.45) is 4.09. The zero-order valence-electron chi connectivity index (χ0n) is 16.2. The van der Waals surface area contributed by atoms with Gasteiger partial charge in [-0.3, -0.25) is 9.48 Å². The van der Waals surface area contributed by atoms with Crippen molar-refractivity contribution >= 4 is 15.9 Å². The van der Waals surface area contributed by atoms with Crippen LogP contribution in [0.5, 0.6) is 0 Å². The van der Waals surface area contributed by atoms with Gasteiger partial charge in [-0.2, -0.15) is 5.10 Å². The quantitative estimate of drug-likeness (QED) is 0.759. The molecule has 0 saturated carbocycles. The van der Waals surface area contributed by atoms with E-state index in [9.17, 15) is 13.2 Å². The van der Waals surface area contributed by atoms with Crippen LogP contribution in [0.1, 0.15) is 23.7 Å². The molecule has 2 saturated heterocycles. The number of hydrogen-bond donors (Lipinski definition) is 0. The van der Waals surface area contributed by atoms with E-state index in [-0.39, 0.29) is 23.8 Å². The lowest BCUT2D eigenvalue weighted by Crippen LogP contribution is -2.37. The standard InChI is InChI=1S/C20H26N4O3S/c1-22-17(10-11-21-22)8-9-19(25)24-13-16-12-23(28(2,26)27)14-18(16)20(24)15-6-4-3-5-7-15/h3-7,10-11,16,18,20H,8-9,12-14H2,1-2H3/t16-,18-,20+/m0/s1. The number of aromatic nitrogens is 2. The minimum atomic E-state index is -3.21. The minimum Gasteiger partial charge on any atom is -0.335 e. The molecular weight excluding hydrogens is 376 g/mol. The first-order chi connectivity index (χ1) is 13.3. The van der Waals surface area contributed by atoms with E-state index in [2.05, 4.69) is 5.10 Å². The summed E-state index contributed by atoms with van der Waals surface area (Å²) in [5.74, 6) is 0.439. The van der Waals surface area contributed by atoms with Gasteiger partial charge < -0.3 is 4.90 Å². The normalized spacial score (nSPS) is 25.2. The van der Waals surface area contributed by atoms with Crippen LogP contribution in [0.25, 0.3) is 0 Å². The van der Waals surface area contributed by atoms with Crippen molar-refractivity contribution in [1.29, 1.82) is 0 Å². The summed E-state index contributed by atoms with van der Waals surface area (Å²) in [5.41, 5.74) is 2.12. The first-order valence-electron chi connectivity index (χ1n) is 9.61. The van der Waals surface area contributed by atoms with Crippen molar-refractivity contribution in [3.05, 3.63) is 53.9 Å². The van der Waals surface area contributed by atoms with Crippen molar-refractivity contribution in [2.75, 3.05) is 25.9 Å². The maximum Gasteiger partial charge on any atom is 0.223 e. The van der Waals surface area contributed by atoms with E-state index in [4.69, 9.17) is 0 Å². The number of fused-ring (bicyclic) bond motifs is 1. The molecule has 2 aliphatic rings.